The first-order chi connectivity index (χ1) is 13.0. The number of hydrogen-bond acceptors (Lipinski definition) is 4. The van der Waals surface area contributed by atoms with Crippen LogP contribution < -0.4 is 14.8 Å². The Bertz CT molecular complexity index is 831. The summed E-state index contributed by atoms with van der Waals surface area (Å²) in [6, 6.07) is 9.72. The van der Waals surface area contributed by atoms with E-state index in [1.54, 1.807) is 14.2 Å². The number of amides is 1. The van der Waals surface area contributed by atoms with Crippen molar-refractivity contribution in [3.05, 3.63) is 52.8 Å². The molecule has 1 fully saturated rings. The van der Waals surface area contributed by atoms with Crippen molar-refractivity contribution in [3.63, 3.8) is 0 Å². The molecule has 0 radical (unpaired) electrons. The fourth-order valence-electron chi connectivity index (χ4n) is 3.43. The Balaban J connectivity index is 1.72. The predicted molar refractivity (Wildman–Crippen MR) is 103 cm³/mol. The summed E-state index contributed by atoms with van der Waals surface area (Å²) in [6.07, 6.45) is 1.93. The number of hydrogen-bond donors (Lipinski definition) is 1. The van der Waals surface area contributed by atoms with Crippen LogP contribution in [0.25, 0.3) is 0 Å². The minimum atomic E-state index is -0.441. The molecule has 2 aromatic carbocycles. The highest BCUT2D eigenvalue weighted by atomic mass is 35.5. The average Bonchev–Trinajstić information content (AvgIpc) is 3.11. The van der Waals surface area contributed by atoms with E-state index in [1.807, 2.05) is 18.2 Å². The van der Waals surface area contributed by atoms with E-state index in [-0.39, 0.29) is 23.5 Å². The summed E-state index contributed by atoms with van der Waals surface area (Å²) in [7, 11) is 3.24. The maximum Gasteiger partial charge on any atom is 0.238 e. The molecule has 2 aromatic rings. The van der Waals surface area contributed by atoms with Crippen LogP contribution in [0.15, 0.2) is 36.4 Å². The molecule has 1 aliphatic rings. The minimum absolute atomic E-state index is 0.0836. The maximum atomic E-state index is 13.2. The zero-order valence-electron chi connectivity index (χ0n) is 15.3. The van der Waals surface area contributed by atoms with Gasteiger partial charge in [0.05, 0.1) is 31.5 Å². The molecular weight excluding hydrogens is 371 g/mol. The number of ether oxygens (including phenoxy) is 2. The molecule has 1 N–H and O–H groups in total. The lowest BCUT2D eigenvalue weighted by Gasteiger charge is -2.26. The van der Waals surface area contributed by atoms with E-state index < -0.39 is 5.82 Å². The van der Waals surface area contributed by atoms with E-state index in [4.69, 9.17) is 21.1 Å². The van der Waals surface area contributed by atoms with E-state index in [1.165, 1.54) is 18.2 Å². The van der Waals surface area contributed by atoms with Crippen molar-refractivity contribution in [1.29, 1.82) is 0 Å². The summed E-state index contributed by atoms with van der Waals surface area (Å²) in [5, 5.41) is 2.93. The quantitative estimate of drug-likeness (QED) is 0.797. The number of nitrogens with zero attached hydrogens (tertiary/aromatic N) is 1. The van der Waals surface area contributed by atoms with Crippen molar-refractivity contribution in [2.75, 3.05) is 32.6 Å². The normalized spacial score (nSPS) is 17.0. The highest BCUT2D eigenvalue weighted by Crippen LogP contribution is 2.38. The summed E-state index contributed by atoms with van der Waals surface area (Å²) in [4.78, 5) is 14.6. The Kier molecular flexibility index (Phi) is 6.19. The van der Waals surface area contributed by atoms with E-state index in [9.17, 15) is 9.18 Å². The number of carbonyl (C=O) groups excluding carboxylic acids is 1. The summed E-state index contributed by atoms with van der Waals surface area (Å²) >= 11 is 5.99. The predicted octanol–water partition coefficient (Wildman–Crippen LogP) is 4.27. The van der Waals surface area contributed by atoms with Gasteiger partial charge in [0, 0.05) is 17.7 Å². The van der Waals surface area contributed by atoms with Gasteiger partial charge in [0.1, 0.15) is 17.3 Å². The molecular formula is C20H22ClFN2O3. The Labute approximate surface area is 163 Å². The van der Waals surface area contributed by atoms with Gasteiger partial charge in [0.15, 0.2) is 0 Å². The number of carbonyl (C=O) groups is 1. The second-order valence-corrected chi connectivity index (χ2v) is 6.82. The van der Waals surface area contributed by atoms with Crippen molar-refractivity contribution >= 4 is 23.2 Å². The van der Waals surface area contributed by atoms with Gasteiger partial charge in [-0.05, 0) is 43.7 Å². The Hall–Kier alpha value is -2.31. The summed E-state index contributed by atoms with van der Waals surface area (Å²) < 4.78 is 23.9. The lowest BCUT2D eigenvalue weighted by Crippen LogP contribution is -2.33. The van der Waals surface area contributed by atoms with Crippen LogP contribution in [0.2, 0.25) is 5.02 Å². The highest BCUT2D eigenvalue weighted by Gasteiger charge is 2.30. The average molecular weight is 393 g/mol. The molecule has 144 valence electrons. The molecule has 5 nitrogen and oxygen atoms in total. The van der Waals surface area contributed by atoms with Gasteiger partial charge in [-0.3, -0.25) is 9.69 Å². The molecule has 0 saturated carbocycles. The van der Waals surface area contributed by atoms with Gasteiger partial charge in [-0.15, -0.1) is 0 Å². The van der Waals surface area contributed by atoms with Crippen LogP contribution >= 0.6 is 11.6 Å². The van der Waals surface area contributed by atoms with Crippen LogP contribution in [0.5, 0.6) is 11.5 Å². The Morgan fingerprint density at radius 3 is 2.78 bits per heavy atom. The van der Waals surface area contributed by atoms with Crippen LogP contribution in [0.4, 0.5) is 10.1 Å². The summed E-state index contributed by atoms with van der Waals surface area (Å²) in [5.74, 6) is 0.837. The first-order valence-corrected chi connectivity index (χ1v) is 9.10. The molecule has 0 bridgehead atoms. The number of anilines is 1. The van der Waals surface area contributed by atoms with Crippen molar-refractivity contribution in [2.45, 2.75) is 18.9 Å². The molecule has 3 rings (SSSR count). The molecule has 27 heavy (non-hydrogen) atoms. The Morgan fingerprint density at radius 1 is 1.26 bits per heavy atom. The van der Waals surface area contributed by atoms with Gasteiger partial charge in [0.2, 0.25) is 5.91 Å². The van der Waals surface area contributed by atoms with Crippen LogP contribution in [-0.2, 0) is 4.79 Å². The third kappa shape index (κ3) is 4.51. The van der Waals surface area contributed by atoms with Gasteiger partial charge in [0.25, 0.3) is 0 Å². The summed E-state index contributed by atoms with van der Waals surface area (Å²) in [6.45, 7) is 1.03. The second kappa shape index (κ2) is 8.59. The smallest absolute Gasteiger partial charge is 0.238 e. The SMILES string of the molecule is COc1ccc([C@H]2CCCN2CC(=O)Nc2ccc(F)cc2Cl)c(OC)c1. The van der Waals surface area contributed by atoms with E-state index >= 15 is 0 Å². The van der Waals surface area contributed by atoms with Crippen LogP contribution in [0, 0.1) is 5.82 Å². The first-order valence-electron chi connectivity index (χ1n) is 8.72. The lowest BCUT2D eigenvalue weighted by atomic mass is 10.0. The fourth-order valence-corrected chi connectivity index (χ4v) is 3.64. The topological polar surface area (TPSA) is 50.8 Å². The third-order valence-electron chi connectivity index (χ3n) is 4.72. The van der Waals surface area contributed by atoms with Crippen LogP contribution in [-0.4, -0.2) is 38.1 Å². The van der Waals surface area contributed by atoms with Crippen LogP contribution in [0.3, 0.4) is 0 Å². The lowest BCUT2D eigenvalue weighted by molar-refractivity contribution is -0.117. The highest BCUT2D eigenvalue weighted by molar-refractivity contribution is 6.33. The number of benzene rings is 2. The largest absolute Gasteiger partial charge is 0.497 e. The van der Waals surface area contributed by atoms with Gasteiger partial charge in [-0.2, -0.15) is 0 Å². The molecule has 0 aliphatic carbocycles. The zero-order valence-corrected chi connectivity index (χ0v) is 16.1. The molecule has 0 unspecified atom stereocenters. The number of likely N-dealkylation sites (tertiary alicyclic amines) is 1. The van der Waals surface area contributed by atoms with Gasteiger partial charge in [-0.1, -0.05) is 17.7 Å². The number of methoxy groups -OCH3 is 2. The number of rotatable bonds is 6. The molecule has 1 amide bonds. The molecule has 0 spiro atoms. The fraction of sp³-hybridized carbons (Fsp3) is 0.350. The zero-order chi connectivity index (χ0) is 19.4. The molecule has 7 heteroatoms. The third-order valence-corrected chi connectivity index (χ3v) is 5.03. The Morgan fingerprint density at radius 2 is 2.07 bits per heavy atom. The molecule has 1 aliphatic heterocycles. The molecule has 0 aromatic heterocycles. The molecule has 1 atom stereocenters. The van der Waals surface area contributed by atoms with Crippen molar-refractivity contribution in [1.82, 2.24) is 4.90 Å². The van der Waals surface area contributed by atoms with Gasteiger partial charge >= 0.3 is 0 Å². The second-order valence-electron chi connectivity index (χ2n) is 6.41. The maximum absolute atomic E-state index is 13.2. The van der Waals surface area contributed by atoms with Crippen LogP contribution in [0.1, 0.15) is 24.4 Å². The first kappa shape index (κ1) is 19.5. The number of nitrogens with one attached hydrogen (secondary N) is 1. The molecule has 1 saturated heterocycles. The molecule has 1 heterocycles. The standard InChI is InChI=1S/C20H22ClFN2O3/c1-26-14-6-7-15(19(11-14)27-2)18-4-3-9-24(18)12-20(25)23-17-8-5-13(22)10-16(17)21/h5-8,10-11,18H,3-4,9,12H2,1-2H3,(H,23,25)/t18-/m1/s1. The van der Waals surface area contributed by atoms with Gasteiger partial charge < -0.3 is 14.8 Å². The van der Waals surface area contributed by atoms with E-state index in [2.05, 4.69) is 10.2 Å². The van der Waals surface area contributed by atoms with E-state index in [0.717, 1.165) is 36.4 Å². The van der Waals surface area contributed by atoms with Gasteiger partial charge in [-0.25, -0.2) is 4.39 Å². The number of halogens is 2. The van der Waals surface area contributed by atoms with Crippen molar-refractivity contribution in [2.24, 2.45) is 0 Å². The minimum Gasteiger partial charge on any atom is -0.497 e. The van der Waals surface area contributed by atoms with Crippen molar-refractivity contribution < 1.29 is 18.7 Å². The summed E-state index contributed by atoms with van der Waals surface area (Å²) in [5.41, 5.74) is 1.43. The van der Waals surface area contributed by atoms with Crippen molar-refractivity contribution in [3.8, 4) is 11.5 Å². The van der Waals surface area contributed by atoms with E-state index in [0.29, 0.717) is 5.69 Å². The monoisotopic (exact) mass is 392 g/mol.